The van der Waals surface area contributed by atoms with Crippen molar-refractivity contribution in [3.63, 3.8) is 0 Å². The van der Waals surface area contributed by atoms with E-state index in [4.69, 9.17) is 4.74 Å². The van der Waals surface area contributed by atoms with E-state index >= 15 is 0 Å². The van der Waals surface area contributed by atoms with Gasteiger partial charge >= 0.3 is 6.18 Å². The number of halogens is 3. The van der Waals surface area contributed by atoms with Gasteiger partial charge in [0, 0.05) is 13.0 Å². The normalized spacial score (nSPS) is 30.4. The van der Waals surface area contributed by atoms with Gasteiger partial charge in [-0.05, 0) is 33.2 Å². The fraction of sp³-hybridized carbons (Fsp3) is 1.00. The molecule has 1 fully saturated rings. The summed E-state index contributed by atoms with van der Waals surface area (Å²) < 4.78 is 44.8. The summed E-state index contributed by atoms with van der Waals surface area (Å²) in [5.41, 5.74) is -2.49. The summed E-state index contributed by atoms with van der Waals surface area (Å²) in [6.07, 6.45) is -3.55. The molecule has 1 rings (SSSR count). The maximum atomic E-state index is 13.1. The molecule has 1 saturated heterocycles. The van der Waals surface area contributed by atoms with E-state index in [1.54, 1.807) is 13.8 Å². The second-order valence-corrected chi connectivity index (χ2v) is 5.04. The van der Waals surface area contributed by atoms with Crippen molar-refractivity contribution in [3.05, 3.63) is 0 Å². The van der Waals surface area contributed by atoms with Crippen molar-refractivity contribution in [2.45, 2.75) is 57.3 Å². The van der Waals surface area contributed by atoms with Crippen LogP contribution in [0.3, 0.4) is 0 Å². The van der Waals surface area contributed by atoms with Crippen LogP contribution >= 0.6 is 0 Å². The predicted molar refractivity (Wildman–Crippen MR) is 56.3 cm³/mol. The maximum absolute atomic E-state index is 13.1. The molecule has 0 amide bonds. The van der Waals surface area contributed by atoms with Gasteiger partial charge in [0.2, 0.25) is 0 Å². The molecule has 0 aromatic rings. The van der Waals surface area contributed by atoms with Crippen LogP contribution in [0.4, 0.5) is 13.2 Å². The minimum Gasteiger partial charge on any atom is -0.375 e. The molecule has 1 unspecified atom stereocenters. The van der Waals surface area contributed by atoms with Gasteiger partial charge < -0.3 is 10.1 Å². The monoisotopic (exact) mass is 239 g/mol. The van der Waals surface area contributed by atoms with Crippen molar-refractivity contribution in [2.75, 3.05) is 13.2 Å². The highest BCUT2D eigenvalue weighted by Crippen LogP contribution is 2.43. The number of hydrogen-bond acceptors (Lipinski definition) is 2. The largest absolute Gasteiger partial charge is 0.406 e. The van der Waals surface area contributed by atoms with E-state index in [9.17, 15) is 13.2 Å². The number of hydrogen-bond donors (Lipinski definition) is 1. The van der Waals surface area contributed by atoms with E-state index in [-0.39, 0.29) is 19.4 Å². The lowest BCUT2D eigenvalue weighted by Crippen LogP contribution is -2.63. The number of nitrogens with one attached hydrogen (secondary N) is 1. The van der Waals surface area contributed by atoms with Crippen LogP contribution in [-0.2, 0) is 4.74 Å². The lowest BCUT2D eigenvalue weighted by Gasteiger charge is -2.46. The Bertz CT molecular complexity index is 240. The van der Waals surface area contributed by atoms with Gasteiger partial charge in [0.05, 0.1) is 5.60 Å². The standard InChI is InChI=1S/C11H20F3NO/c1-4-6-15-10(11(12,13)14)5-7-16-9(2,3)8-10/h15H,4-8H2,1-3H3. The van der Waals surface area contributed by atoms with Crippen molar-refractivity contribution in [1.82, 2.24) is 5.32 Å². The van der Waals surface area contributed by atoms with Crippen molar-refractivity contribution >= 4 is 0 Å². The molecule has 1 heterocycles. The summed E-state index contributed by atoms with van der Waals surface area (Å²) in [6, 6.07) is 0. The Morgan fingerprint density at radius 2 is 1.94 bits per heavy atom. The molecule has 1 aliphatic heterocycles. The first-order chi connectivity index (χ1) is 7.22. The van der Waals surface area contributed by atoms with Gasteiger partial charge in [-0.15, -0.1) is 0 Å². The molecule has 1 atom stereocenters. The molecule has 0 saturated carbocycles. The Labute approximate surface area is 94.5 Å². The van der Waals surface area contributed by atoms with Crippen LogP contribution < -0.4 is 5.32 Å². The highest BCUT2D eigenvalue weighted by molar-refractivity contribution is 5.01. The summed E-state index contributed by atoms with van der Waals surface area (Å²) in [6.45, 7) is 5.82. The summed E-state index contributed by atoms with van der Waals surface area (Å²) in [4.78, 5) is 0. The minimum atomic E-state index is -4.22. The average Bonchev–Trinajstić information content (AvgIpc) is 2.11. The molecule has 1 aliphatic rings. The first-order valence-electron chi connectivity index (χ1n) is 5.68. The molecule has 0 radical (unpaired) electrons. The number of ether oxygens (including phenoxy) is 1. The quantitative estimate of drug-likeness (QED) is 0.817. The van der Waals surface area contributed by atoms with Crippen molar-refractivity contribution in [3.8, 4) is 0 Å². The molecular formula is C11H20F3NO. The van der Waals surface area contributed by atoms with Crippen LogP contribution in [0.5, 0.6) is 0 Å². The Balaban J connectivity index is 2.86. The fourth-order valence-electron chi connectivity index (χ4n) is 2.23. The average molecular weight is 239 g/mol. The van der Waals surface area contributed by atoms with Gasteiger partial charge in [-0.25, -0.2) is 0 Å². The van der Waals surface area contributed by atoms with Gasteiger partial charge in [-0.2, -0.15) is 13.2 Å². The smallest absolute Gasteiger partial charge is 0.375 e. The summed E-state index contributed by atoms with van der Waals surface area (Å²) in [5, 5.41) is 2.68. The van der Waals surface area contributed by atoms with E-state index in [1.165, 1.54) is 0 Å². The molecule has 5 heteroatoms. The molecule has 2 nitrogen and oxygen atoms in total. The van der Waals surface area contributed by atoms with E-state index in [2.05, 4.69) is 5.32 Å². The van der Waals surface area contributed by atoms with Crippen LogP contribution in [0.15, 0.2) is 0 Å². The zero-order valence-corrected chi connectivity index (χ0v) is 10.1. The van der Waals surface area contributed by atoms with E-state index in [0.29, 0.717) is 13.0 Å². The van der Waals surface area contributed by atoms with Crippen LogP contribution in [0.25, 0.3) is 0 Å². The maximum Gasteiger partial charge on any atom is 0.406 e. The van der Waals surface area contributed by atoms with Crippen molar-refractivity contribution < 1.29 is 17.9 Å². The van der Waals surface area contributed by atoms with Crippen LogP contribution in [-0.4, -0.2) is 30.5 Å². The molecule has 16 heavy (non-hydrogen) atoms. The first-order valence-corrected chi connectivity index (χ1v) is 5.68. The van der Waals surface area contributed by atoms with Gasteiger partial charge in [0.1, 0.15) is 5.54 Å². The van der Waals surface area contributed by atoms with Crippen LogP contribution in [0, 0.1) is 0 Å². The summed E-state index contributed by atoms with van der Waals surface area (Å²) in [5.74, 6) is 0. The van der Waals surface area contributed by atoms with Gasteiger partial charge in [0.25, 0.3) is 0 Å². The third kappa shape index (κ3) is 2.88. The van der Waals surface area contributed by atoms with E-state index in [0.717, 1.165) is 0 Å². The Morgan fingerprint density at radius 3 is 2.38 bits per heavy atom. The minimum absolute atomic E-state index is 0.0000694. The zero-order valence-electron chi connectivity index (χ0n) is 10.1. The van der Waals surface area contributed by atoms with Crippen LogP contribution in [0.1, 0.15) is 40.0 Å². The Kier molecular flexibility index (Phi) is 3.90. The molecule has 0 aliphatic carbocycles. The van der Waals surface area contributed by atoms with E-state index < -0.39 is 17.3 Å². The Hall–Kier alpha value is -0.290. The predicted octanol–water partition coefficient (Wildman–Crippen LogP) is 2.88. The zero-order chi connectivity index (χ0) is 12.4. The second kappa shape index (κ2) is 4.53. The SMILES string of the molecule is CCCNC1(C(F)(F)F)CCOC(C)(C)C1. The fourth-order valence-corrected chi connectivity index (χ4v) is 2.23. The lowest BCUT2D eigenvalue weighted by molar-refractivity contribution is -0.237. The van der Waals surface area contributed by atoms with Gasteiger partial charge in [-0.3, -0.25) is 0 Å². The van der Waals surface area contributed by atoms with E-state index in [1.807, 2.05) is 6.92 Å². The molecule has 0 aromatic heterocycles. The Morgan fingerprint density at radius 1 is 1.31 bits per heavy atom. The molecule has 96 valence electrons. The number of alkyl halides is 3. The number of rotatable bonds is 3. The topological polar surface area (TPSA) is 21.3 Å². The lowest BCUT2D eigenvalue weighted by atomic mass is 9.80. The second-order valence-electron chi connectivity index (χ2n) is 5.04. The summed E-state index contributed by atoms with van der Waals surface area (Å²) >= 11 is 0. The summed E-state index contributed by atoms with van der Waals surface area (Å²) in [7, 11) is 0. The molecule has 0 aromatic carbocycles. The molecule has 0 spiro atoms. The highest BCUT2D eigenvalue weighted by atomic mass is 19.4. The van der Waals surface area contributed by atoms with Crippen LogP contribution in [0.2, 0.25) is 0 Å². The van der Waals surface area contributed by atoms with Gasteiger partial charge in [-0.1, -0.05) is 6.92 Å². The molecule has 1 N–H and O–H groups in total. The van der Waals surface area contributed by atoms with Crippen molar-refractivity contribution in [1.29, 1.82) is 0 Å². The first kappa shape index (κ1) is 13.8. The molecule has 0 bridgehead atoms. The third-order valence-corrected chi connectivity index (χ3v) is 3.01. The van der Waals surface area contributed by atoms with Crippen molar-refractivity contribution in [2.24, 2.45) is 0 Å². The van der Waals surface area contributed by atoms with Gasteiger partial charge in [0.15, 0.2) is 0 Å². The third-order valence-electron chi connectivity index (χ3n) is 3.01. The molecular weight excluding hydrogens is 219 g/mol. The highest BCUT2D eigenvalue weighted by Gasteiger charge is 2.58.